The van der Waals surface area contributed by atoms with Crippen molar-refractivity contribution in [3.63, 3.8) is 0 Å². The third-order valence-corrected chi connectivity index (χ3v) is 12.1. The first-order valence-corrected chi connectivity index (χ1v) is 18.9. The van der Waals surface area contributed by atoms with Crippen LogP contribution in [0.3, 0.4) is 0 Å². The molecule has 1 N–H and O–H groups in total. The third kappa shape index (κ3) is 5.93. The minimum atomic E-state index is -0.721. The van der Waals surface area contributed by atoms with Crippen LogP contribution >= 0.6 is 0 Å². The molecule has 2 aromatic carbocycles. The van der Waals surface area contributed by atoms with Crippen LogP contribution in [0.2, 0.25) is 0 Å². The molecule has 52 heavy (non-hydrogen) atoms. The summed E-state index contributed by atoms with van der Waals surface area (Å²) in [5.41, 5.74) is 0.502. The fourth-order valence-electron chi connectivity index (χ4n) is 9.61. The van der Waals surface area contributed by atoms with Gasteiger partial charge in [-0.25, -0.2) is 8.78 Å². The summed E-state index contributed by atoms with van der Waals surface area (Å²) in [6.07, 6.45) is 16.1. The second kappa shape index (κ2) is 14.0. The van der Waals surface area contributed by atoms with E-state index in [1.54, 1.807) is 6.20 Å². The SMILES string of the molecule is C#Cc1c(F)ccc2cc(O)cc(-c3ncc4c(N5CCCOCC5)nc(OCC56CCCC5N(C5CC7(COC7)C5)CCC6)nc4c3F)c12.CC. The number of rotatable bonds is 6. The highest BCUT2D eigenvalue weighted by Gasteiger charge is 2.56. The molecule has 2 aromatic heterocycles. The van der Waals surface area contributed by atoms with Crippen molar-refractivity contribution in [2.24, 2.45) is 10.8 Å². The van der Waals surface area contributed by atoms with Crippen LogP contribution in [-0.2, 0) is 9.47 Å². The van der Waals surface area contributed by atoms with Gasteiger partial charge in [0.2, 0.25) is 0 Å². The first-order chi connectivity index (χ1) is 25.4. The number of phenols is 1. The number of pyridine rings is 1. The zero-order chi connectivity index (χ0) is 36.0. The summed E-state index contributed by atoms with van der Waals surface area (Å²) in [6, 6.07) is 6.75. The second-order valence-corrected chi connectivity index (χ2v) is 15.1. The predicted molar refractivity (Wildman–Crippen MR) is 197 cm³/mol. The lowest BCUT2D eigenvalue weighted by atomic mass is 9.62. The topological polar surface area (TPSA) is 93.1 Å². The van der Waals surface area contributed by atoms with Gasteiger partial charge in [0, 0.05) is 59.8 Å². The summed E-state index contributed by atoms with van der Waals surface area (Å²) >= 11 is 0. The first kappa shape index (κ1) is 34.9. The maximum atomic E-state index is 17.0. The van der Waals surface area contributed by atoms with Crippen molar-refractivity contribution in [3.8, 4) is 35.4 Å². The summed E-state index contributed by atoms with van der Waals surface area (Å²) in [7, 11) is 0. The van der Waals surface area contributed by atoms with E-state index < -0.39 is 11.6 Å². The van der Waals surface area contributed by atoms with Gasteiger partial charge < -0.3 is 24.2 Å². The highest BCUT2D eigenvalue weighted by Crippen LogP contribution is 2.55. The Morgan fingerprint density at radius 1 is 1.02 bits per heavy atom. The lowest BCUT2D eigenvalue weighted by Gasteiger charge is -2.60. The standard InChI is InChI=1S/C39H41F2N5O4.C2H6/c1-2-27-30(40)8-7-24-16-26(47)17-28(32(24)27)34-33(41)35-29(20-42-34)36(45-11-5-14-48-15-13-45)44-37(43-35)50-23-39-9-3-6-31(39)46(12-4-10-39)25-18-38(19-25)21-49-22-38;1-2/h1,7-8,16-17,20,25,31,47H,3-6,9-15,18-19,21-23H2;1-2H3. The Labute approximate surface area is 303 Å². The summed E-state index contributed by atoms with van der Waals surface area (Å²) in [5, 5.41) is 11.8. The molecule has 9 nitrogen and oxygen atoms in total. The van der Waals surface area contributed by atoms with Crippen molar-refractivity contribution in [1.29, 1.82) is 0 Å². The molecule has 0 bridgehead atoms. The average Bonchev–Trinajstić information content (AvgIpc) is 3.37. The van der Waals surface area contributed by atoms with Gasteiger partial charge in [0.15, 0.2) is 5.82 Å². The van der Waals surface area contributed by atoms with Crippen LogP contribution in [-0.4, -0.2) is 89.7 Å². The molecule has 274 valence electrons. The summed E-state index contributed by atoms with van der Waals surface area (Å²) in [6.45, 7) is 9.78. The Morgan fingerprint density at radius 2 is 1.85 bits per heavy atom. The van der Waals surface area contributed by atoms with Crippen LogP contribution in [0, 0.1) is 34.8 Å². The minimum absolute atomic E-state index is 0.00975. The normalized spacial score (nSPS) is 24.4. The van der Waals surface area contributed by atoms with E-state index in [9.17, 15) is 9.50 Å². The molecule has 2 aliphatic carbocycles. The molecular weight excluding hydrogens is 664 g/mol. The number of nitrogens with zero attached hydrogens (tertiary/aromatic N) is 5. The van der Waals surface area contributed by atoms with Gasteiger partial charge in [-0.15, -0.1) is 6.42 Å². The summed E-state index contributed by atoms with van der Waals surface area (Å²) in [4.78, 5) is 19.0. The molecule has 4 aromatic rings. The fraction of sp³-hybridized carbons (Fsp3) is 0.537. The molecule has 5 aliphatic rings. The number of fused-ring (bicyclic) bond motifs is 3. The molecule has 0 amide bonds. The van der Waals surface area contributed by atoms with E-state index >= 15 is 4.39 Å². The van der Waals surface area contributed by atoms with E-state index in [2.05, 4.69) is 20.7 Å². The maximum absolute atomic E-state index is 17.0. The van der Waals surface area contributed by atoms with Crippen LogP contribution in [0.4, 0.5) is 14.6 Å². The molecule has 2 atom stereocenters. The number of aromatic hydroxyl groups is 1. The van der Waals surface area contributed by atoms with Gasteiger partial charge >= 0.3 is 6.01 Å². The number of aromatic nitrogens is 3. The number of likely N-dealkylation sites (tertiary alicyclic amines) is 1. The van der Waals surface area contributed by atoms with E-state index in [1.807, 2.05) is 13.8 Å². The molecule has 9 rings (SSSR count). The van der Waals surface area contributed by atoms with Gasteiger partial charge in [-0.2, -0.15) is 9.97 Å². The molecule has 5 heterocycles. The Kier molecular flexibility index (Phi) is 9.43. The Bertz CT molecular complexity index is 2020. The highest BCUT2D eigenvalue weighted by atomic mass is 19.1. The van der Waals surface area contributed by atoms with E-state index in [-0.39, 0.29) is 39.5 Å². The lowest BCUT2D eigenvalue weighted by Crippen LogP contribution is -2.64. The smallest absolute Gasteiger partial charge is 0.319 e. The van der Waals surface area contributed by atoms with Gasteiger partial charge in [0.05, 0.1) is 37.4 Å². The first-order valence-electron chi connectivity index (χ1n) is 18.9. The maximum Gasteiger partial charge on any atom is 0.319 e. The second-order valence-electron chi connectivity index (χ2n) is 15.1. The zero-order valence-electron chi connectivity index (χ0n) is 30.1. The van der Waals surface area contributed by atoms with Gasteiger partial charge in [0.1, 0.15) is 28.6 Å². The highest BCUT2D eigenvalue weighted by molar-refractivity contribution is 6.03. The molecule has 3 saturated heterocycles. The number of benzene rings is 2. The number of phenolic OH excluding ortho intramolecular Hbond substituents is 1. The molecule has 1 spiro atoms. The molecular formula is C41H47F2N5O4. The Balaban J connectivity index is 0.00000190. The average molecular weight is 712 g/mol. The number of piperidine rings is 1. The van der Waals surface area contributed by atoms with Crippen LogP contribution in [0.1, 0.15) is 70.8 Å². The van der Waals surface area contributed by atoms with Crippen molar-refractivity contribution in [2.75, 3.05) is 57.6 Å². The Hall–Kier alpha value is -4.11. The van der Waals surface area contributed by atoms with Crippen molar-refractivity contribution in [1.82, 2.24) is 19.9 Å². The number of ether oxygens (including phenoxy) is 3. The van der Waals surface area contributed by atoms with Crippen molar-refractivity contribution in [2.45, 2.75) is 77.3 Å². The van der Waals surface area contributed by atoms with E-state index in [1.165, 1.54) is 37.1 Å². The molecule has 2 unspecified atom stereocenters. The van der Waals surface area contributed by atoms with Crippen molar-refractivity contribution < 1.29 is 28.1 Å². The molecule has 0 radical (unpaired) electrons. The van der Waals surface area contributed by atoms with E-state index in [0.717, 1.165) is 58.3 Å². The monoisotopic (exact) mass is 711 g/mol. The van der Waals surface area contributed by atoms with E-state index in [0.29, 0.717) is 72.4 Å². The van der Waals surface area contributed by atoms with E-state index in [4.69, 9.17) is 30.6 Å². The quantitative estimate of drug-likeness (QED) is 0.208. The molecule has 5 fully saturated rings. The van der Waals surface area contributed by atoms with Crippen LogP contribution < -0.4 is 9.64 Å². The van der Waals surface area contributed by atoms with Crippen LogP contribution in [0.15, 0.2) is 30.5 Å². The third-order valence-electron chi connectivity index (χ3n) is 12.1. The molecule has 11 heteroatoms. The number of halogens is 2. The van der Waals surface area contributed by atoms with Crippen molar-refractivity contribution in [3.05, 3.63) is 47.7 Å². The zero-order valence-corrected chi connectivity index (χ0v) is 30.1. The fourth-order valence-corrected chi connectivity index (χ4v) is 9.61. The predicted octanol–water partition coefficient (Wildman–Crippen LogP) is 7.26. The van der Waals surface area contributed by atoms with Gasteiger partial charge in [0.25, 0.3) is 0 Å². The molecule has 2 saturated carbocycles. The molecule has 3 aliphatic heterocycles. The van der Waals surface area contributed by atoms with Gasteiger partial charge in [-0.05, 0) is 75.1 Å². The van der Waals surface area contributed by atoms with Crippen molar-refractivity contribution >= 4 is 27.5 Å². The largest absolute Gasteiger partial charge is 0.508 e. The van der Waals surface area contributed by atoms with Gasteiger partial charge in [-0.1, -0.05) is 32.3 Å². The van der Waals surface area contributed by atoms with Crippen LogP contribution in [0.5, 0.6) is 11.8 Å². The summed E-state index contributed by atoms with van der Waals surface area (Å²) in [5.74, 6) is 1.49. The number of anilines is 1. The lowest BCUT2D eigenvalue weighted by molar-refractivity contribution is -0.196. The van der Waals surface area contributed by atoms with Crippen LogP contribution in [0.25, 0.3) is 32.9 Å². The number of hydrogen-bond acceptors (Lipinski definition) is 9. The van der Waals surface area contributed by atoms with Gasteiger partial charge in [-0.3, -0.25) is 9.88 Å². The Morgan fingerprint density at radius 3 is 2.63 bits per heavy atom. The minimum Gasteiger partial charge on any atom is -0.508 e. The summed E-state index contributed by atoms with van der Waals surface area (Å²) < 4.78 is 49.7. The number of terminal acetylenes is 1. The number of hydrogen-bond donors (Lipinski definition) is 1.